The monoisotopic (exact) mass is 343 g/mol. The van der Waals surface area contributed by atoms with Gasteiger partial charge in [-0.2, -0.15) is 0 Å². The zero-order chi connectivity index (χ0) is 18.1. The number of aliphatic hydroxyl groups is 1. The van der Waals surface area contributed by atoms with E-state index in [2.05, 4.69) is 0 Å². The van der Waals surface area contributed by atoms with Crippen LogP contribution in [0.4, 0.5) is 0 Å². The number of aryl methyl sites for hydroxylation is 1. The first kappa shape index (κ1) is 17.3. The van der Waals surface area contributed by atoms with Crippen molar-refractivity contribution in [2.75, 3.05) is 14.2 Å². The van der Waals surface area contributed by atoms with Gasteiger partial charge in [0.2, 0.25) is 5.43 Å². The highest BCUT2D eigenvalue weighted by molar-refractivity contribution is 5.79. The highest BCUT2D eigenvalue weighted by Gasteiger charge is 2.26. The van der Waals surface area contributed by atoms with Crippen LogP contribution in [0, 0.1) is 0 Å². The van der Waals surface area contributed by atoms with E-state index < -0.39 is 5.43 Å². The topological polar surface area (TPSA) is 102 Å². The molecule has 2 aromatic carbocycles. The van der Waals surface area contributed by atoms with Gasteiger partial charge in [0.1, 0.15) is 0 Å². The normalized spacial score (nSPS) is 15.8. The van der Waals surface area contributed by atoms with Crippen molar-refractivity contribution < 1.29 is 19.7 Å². The van der Waals surface area contributed by atoms with Crippen LogP contribution in [-0.2, 0) is 13.0 Å². The number of methoxy groups -OCH3 is 2. The fraction of sp³-hybridized carbons (Fsp3) is 0.316. The van der Waals surface area contributed by atoms with E-state index >= 15 is 0 Å². The Labute approximate surface area is 145 Å². The third-order valence-electron chi connectivity index (χ3n) is 4.66. The molecule has 0 bridgehead atoms. The van der Waals surface area contributed by atoms with Crippen molar-refractivity contribution in [1.82, 2.24) is 0 Å². The lowest BCUT2D eigenvalue weighted by atomic mass is 9.92. The Kier molecular flexibility index (Phi) is 4.65. The fourth-order valence-electron chi connectivity index (χ4n) is 3.45. The summed E-state index contributed by atoms with van der Waals surface area (Å²) >= 11 is 0. The first-order valence-electron chi connectivity index (χ1n) is 8.02. The number of hydrogen-bond donors (Lipinski definition) is 3. The molecule has 1 unspecified atom stereocenters. The fourth-order valence-corrected chi connectivity index (χ4v) is 3.45. The molecule has 25 heavy (non-hydrogen) atoms. The molecular formula is C19H21NO5. The summed E-state index contributed by atoms with van der Waals surface area (Å²) in [6.45, 7) is -0.258. The molecule has 0 radical (unpaired) electrons. The van der Waals surface area contributed by atoms with Gasteiger partial charge in [0.15, 0.2) is 17.2 Å². The number of fused-ring (bicyclic) bond motifs is 3. The Bertz CT molecular complexity index is 879. The smallest absolute Gasteiger partial charge is 0.220 e. The molecular weight excluding hydrogens is 322 g/mol. The molecule has 132 valence electrons. The van der Waals surface area contributed by atoms with Gasteiger partial charge < -0.3 is 25.4 Å². The molecule has 0 aliphatic heterocycles. The molecule has 0 saturated carbocycles. The van der Waals surface area contributed by atoms with Crippen molar-refractivity contribution in [1.29, 1.82) is 0 Å². The Morgan fingerprint density at radius 2 is 2.00 bits per heavy atom. The van der Waals surface area contributed by atoms with Crippen molar-refractivity contribution in [2.45, 2.75) is 25.5 Å². The Morgan fingerprint density at radius 3 is 2.64 bits per heavy atom. The number of aliphatic hydroxyl groups excluding tert-OH is 1. The molecule has 0 saturated heterocycles. The summed E-state index contributed by atoms with van der Waals surface area (Å²) in [5.74, 6) is 0.645. The number of benzene rings is 1. The van der Waals surface area contributed by atoms with Gasteiger partial charge in [-0.25, -0.2) is 0 Å². The van der Waals surface area contributed by atoms with Crippen LogP contribution in [0.1, 0.15) is 29.2 Å². The zero-order valence-electron chi connectivity index (χ0n) is 14.2. The summed E-state index contributed by atoms with van der Waals surface area (Å²) in [4.78, 5) is 12.0. The molecule has 3 rings (SSSR count). The quantitative estimate of drug-likeness (QED) is 0.786. The van der Waals surface area contributed by atoms with Crippen LogP contribution in [0.15, 0.2) is 29.1 Å². The summed E-state index contributed by atoms with van der Waals surface area (Å²) in [5, 5.41) is 19.8. The Balaban J connectivity index is 2.45. The molecule has 4 N–H and O–H groups in total. The minimum atomic E-state index is -0.480. The van der Waals surface area contributed by atoms with Gasteiger partial charge >= 0.3 is 0 Å². The molecule has 1 atom stereocenters. The number of ether oxygens (including phenoxy) is 2. The van der Waals surface area contributed by atoms with Crippen LogP contribution in [0.2, 0.25) is 0 Å². The third kappa shape index (κ3) is 2.83. The molecule has 0 amide bonds. The second-order valence-electron chi connectivity index (χ2n) is 6.02. The highest BCUT2D eigenvalue weighted by Crippen LogP contribution is 2.45. The Hall–Kier alpha value is -2.57. The maximum atomic E-state index is 12.0. The minimum Gasteiger partial charge on any atom is -0.504 e. The molecule has 1 aliphatic rings. The molecule has 2 aromatic rings. The first-order chi connectivity index (χ1) is 12.0. The maximum absolute atomic E-state index is 12.0. The molecule has 0 fully saturated rings. The summed E-state index contributed by atoms with van der Waals surface area (Å²) in [5.41, 5.74) is 9.47. The van der Waals surface area contributed by atoms with Gasteiger partial charge in [-0.3, -0.25) is 4.79 Å². The number of hydrogen-bond acceptors (Lipinski definition) is 6. The van der Waals surface area contributed by atoms with Crippen LogP contribution >= 0.6 is 0 Å². The first-order valence-corrected chi connectivity index (χ1v) is 8.02. The second kappa shape index (κ2) is 6.74. The number of rotatable bonds is 3. The van der Waals surface area contributed by atoms with E-state index in [1.165, 1.54) is 19.2 Å². The maximum Gasteiger partial charge on any atom is 0.220 e. The lowest BCUT2D eigenvalue weighted by molar-refractivity contribution is 0.270. The van der Waals surface area contributed by atoms with Gasteiger partial charge in [0, 0.05) is 11.6 Å². The molecule has 1 aliphatic carbocycles. The van der Waals surface area contributed by atoms with Crippen molar-refractivity contribution in [3.8, 4) is 28.4 Å². The van der Waals surface area contributed by atoms with Crippen LogP contribution in [-0.4, -0.2) is 24.4 Å². The van der Waals surface area contributed by atoms with Gasteiger partial charge in [-0.15, -0.1) is 0 Å². The summed E-state index contributed by atoms with van der Waals surface area (Å²) in [7, 11) is 3.06. The summed E-state index contributed by atoms with van der Waals surface area (Å²) in [6, 6.07) is 5.93. The third-order valence-corrected chi connectivity index (χ3v) is 4.66. The second-order valence-corrected chi connectivity index (χ2v) is 6.02. The highest BCUT2D eigenvalue weighted by atomic mass is 16.5. The number of nitrogens with two attached hydrogens (primary N) is 1. The van der Waals surface area contributed by atoms with Crippen molar-refractivity contribution in [3.05, 3.63) is 51.2 Å². The van der Waals surface area contributed by atoms with E-state index in [1.807, 2.05) is 6.07 Å². The zero-order valence-corrected chi connectivity index (χ0v) is 14.2. The van der Waals surface area contributed by atoms with Crippen molar-refractivity contribution in [2.24, 2.45) is 5.73 Å². The van der Waals surface area contributed by atoms with Gasteiger partial charge in [0.05, 0.1) is 20.8 Å². The lowest BCUT2D eigenvalue weighted by Gasteiger charge is -2.19. The molecule has 0 heterocycles. The van der Waals surface area contributed by atoms with E-state index in [-0.39, 0.29) is 18.4 Å². The summed E-state index contributed by atoms with van der Waals surface area (Å²) in [6.07, 6.45) is 1.30. The summed E-state index contributed by atoms with van der Waals surface area (Å²) < 4.78 is 10.9. The van der Waals surface area contributed by atoms with E-state index in [9.17, 15) is 15.0 Å². The molecule has 0 aromatic heterocycles. The lowest BCUT2D eigenvalue weighted by Crippen LogP contribution is -2.11. The number of aromatic hydroxyl groups is 1. The SMILES string of the molecule is COc1cc2c(c(CO)c1OC)-c1ccc(O)c(=O)cc1C(N)CC2. The largest absolute Gasteiger partial charge is 0.504 e. The van der Waals surface area contributed by atoms with Gasteiger partial charge in [0.25, 0.3) is 0 Å². The van der Waals surface area contributed by atoms with Crippen LogP contribution in [0.25, 0.3) is 11.1 Å². The van der Waals surface area contributed by atoms with E-state index in [1.54, 1.807) is 13.2 Å². The average Bonchev–Trinajstić information content (AvgIpc) is 2.84. The standard InChI is InChI=1S/C19H21NO5/c1-24-17-7-10-3-5-14(20)12-8-16(23)15(22)6-4-11(12)18(10)13(9-21)19(17)25-2/h4,6-8,14,21H,3,5,9,20H2,1-2H3,(H,22,23). The van der Waals surface area contributed by atoms with Crippen LogP contribution < -0.4 is 20.6 Å². The Morgan fingerprint density at radius 1 is 1.24 bits per heavy atom. The van der Waals surface area contributed by atoms with E-state index in [4.69, 9.17) is 15.2 Å². The van der Waals surface area contributed by atoms with Crippen molar-refractivity contribution >= 4 is 0 Å². The van der Waals surface area contributed by atoms with Crippen LogP contribution in [0.5, 0.6) is 17.2 Å². The molecule has 6 nitrogen and oxygen atoms in total. The predicted molar refractivity (Wildman–Crippen MR) is 94.1 cm³/mol. The van der Waals surface area contributed by atoms with Crippen LogP contribution in [0.3, 0.4) is 0 Å². The molecule has 6 heteroatoms. The van der Waals surface area contributed by atoms with Gasteiger partial charge in [-0.05, 0) is 53.3 Å². The average molecular weight is 343 g/mol. The minimum absolute atomic E-state index is 0.258. The van der Waals surface area contributed by atoms with E-state index in [0.29, 0.717) is 41.0 Å². The molecule has 0 spiro atoms. The van der Waals surface area contributed by atoms with E-state index in [0.717, 1.165) is 11.1 Å². The predicted octanol–water partition coefficient (Wildman–Crippen LogP) is 1.87. The van der Waals surface area contributed by atoms with Gasteiger partial charge in [-0.1, -0.05) is 6.07 Å². The van der Waals surface area contributed by atoms with Crippen molar-refractivity contribution in [3.63, 3.8) is 0 Å².